The van der Waals surface area contributed by atoms with E-state index in [0.717, 1.165) is 35.4 Å². The maximum absolute atomic E-state index is 13.7. The van der Waals surface area contributed by atoms with Crippen LogP contribution >= 0.6 is 11.6 Å². The molecule has 0 saturated carbocycles. The van der Waals surface area contributed by atoms with Gasteiger partial charge >= 0.3 is 6.18 Å². The number of nitrogens with zero attached hydrogens (tertiary/aromatic N) is 4. The number of likely N-dealkylation sites (tertiary alicyclic amines) is 1. The fourth-order valence-corrected chi connectivity index (χ4v) is 7.68. The van der Waals surface area contributed by atoms with E-state index in [4.69, 9.17) is 11.6 Å². The molecule has 1 aromatic heterocycles. The number of aryl methyl sites for hydroxylation is 2. The second-order valence-electron chi connectivity index (χ2n) is 12.6. The van der Waals surface area contributed by atoms with Crippen LogP contribution < -0.4 is 5.32 Å². The van der Waals surface area contributed by atoms with E-state index in [1.165, 1.54) is 0 Å². The summed E-state index contributed by atoms with van der Waals surface area (Å²) in [6.45, 7) is 1.83. The van der Waals surface area contributed by atoms with Gasteiger partial charge in [-0.25, -0.2) is 0 Å². The fraction of sp³-hybridized carbons (Fsp3) is 0.515. The van der Waals surface area contributed by atoms with Crippen LogP contribution in [-0.2, 0) is 40.3 Å². The number of nitrogens with one attached hydrogen (secondary N) is 1. The van der Waals surface area contributed by atoms with Gasteiger partial charge in [-0.1, -0.05) is 36.7 Å². The number of benzene rings is 2. The highest BCUT2D eigenvalue weighted by Crippen LogP contribution is 2.37. The molecule has 8 nitrogen and oxygen atoms in total. The molecule has 3 aromatic rings. The highest BCUT2D eigenvalue weighted by molar-refractivity contribution is 6.35. The number of piperidine rings is 1. The van der Waals surface area contributed by atoms with Crippen molar-refractivity contribution in [3.8, 4) is 0 Å². The quantitative estimate of drug-likeness (QED) is 0.357. The number of carbonyl (C=O) groups excluding carboxylic acids is 3. The Labute approximate surface area is 264 Å². The Morgan fingerprint density at radius 2 is 1.87 bits per heavy atom. The Bertz CT molecular complexity index is 1610. The van der Waals surface area contributed by atoms with Gasteiger partial charge in [0.15, 0.2) is 0 Å². The second kappa shape index (κ2) is 12.7. The second-order valence-corrected chi connectivity index (χ2v) is 13.0. The van der Waals surface area contributed by atoms with Crippen molar-refractivity contribution < 1.29 is 27.6 Å². The lowest BCUT2D eigenvalue weighted by Crippen LogP contribution is -2.45. The highest BCUT2D eigenvalue weighted by Gasteiger charge is 2.40. The largest absolute Gasteiger partial charge is 0.406 e. The van der Waals surface area contributed by atoms with Crippen LogP contribution in [0.1, 0.15) is 55.7 Å². The number of fused-ring (bicyclic) bond motifs is 4. The summed E-state index contributed by atoms with van der Waals surface area (Å²) in [6, 6.07) is 9.52. The summed E-state index contributed by atoms with van der Waals surface area (Å²) in [5.74, 6) is -1.94. The van der Waals surface area contributed by atoms with Crippen LogP contribution in [0.3, 0.4) is 0 Å². The number of para-hydroxylation sites is 1. The van der Waals surface area contributed by atoms with Crippen LogP contribution in [0.2, 0.25) is 5.02 Å². The van der Waals surface area contributed by atoms with Gasteiger partial charge in [-0.3, -0.25) is 19.1 Å². The Hall–Kier alpha value is -3.60. The van der Waals surface area contributed by atoms with E-state index in [9.17, 15) is 27.6 Å². The lowest BCUT2D eigenvalue weighted by atomic mass is 9.81. The molecule has 240 valence electrons. The summed E-state index contributed by atoms with van der Waals surface area (Å²) >= 11 is 6.67. The molecule has 45 heavy (non-hydrogen) atoms. The number of amides is 3. The summed E-state index contributed by atoms with van der Waals surface area (Å²) in [6.07, 6.45) is 0.562. The predicted molar refractivity (Wildman–Crippen MR) is 165 cm³/mol. The molecule has 1 unspecified atom stereocenters. The molecule has 6 rings (SSSR count). The minimum atomic E-state index is -4.60. The van der Waals surface area contributed by atoms with Gasteiger partial charge in [0, 0.05) is 49.6 Å². The number of hydrogen-bond acceptors (Lipinski definition) is 4. The summed E-state index contributed by atoms with van der Waals surface area (Å²) in [5, 5.41) is 8.53. The zero-order valence-corrected chi connectivity index (χ0v) is 26.0. The normalized spacial score (nSPS) is 21.3. The zero-order valence-electron chi connectivity index (χ0n) is 25.2. The van der Waals surface area contributed by atoms with Gasteiger partial charge in [-0.15, -0.1) is 0 Å². The van der Waals surface area contributed by atoms with Gasteiger partial charge in [-0.05, 0) is 73.3 Å². The molecule has 0 spiro atoms. The number of alkyl halides is 3. The average molecular weight is 644 g/mol. The maximum atomic E-state index is 13.7. The number of rotatable bonds is 6. The molecule has 2 atom stereocenters. The van der Waals surface area contributed by atoms with Gasteiger partial charge in [-0.2, -0.15) is 18.3 Å². The molecule has 0 radical (unpaired) electrons. The predicted octanol–water partition coefficient (Wildman–Crippen LogP) is 5.99. The molecular formula is C33H37ClF3N5O3. The van der Waals surface area contributed by atoms with Gasteiger partial charge in [0.05, 0.1) is 22.7 Å². The van der Waals surface area contributed by atoms with Crippen molar-refractivity contribution in [1.29, 1.82) is 0 Å². The molecule has 2 aromatic carbocycles. The first kappa shape index (κ1) is 31.4. The average Bonchev–Trinajstić information content (AvgIpc) is 3.28. The van der Waals surface area contributed by atoms with Crippen molar-refractivity contribution in [2.24, 2.45) is 17.8 Å². The molecule has 0 bridgehead atoms. The summed E-state index contributed by atoms with van der Waals surface area (Å²) in [5.41, 5.74) is 3.86. The molecule has 3 aliphatic rings. The summed E-state index contributed by atoms with van der Waals surface area (Å²) in [4.78, 5) is 42.7. The van der Waals surface area contributed by atoms with Crippen molar-refractivity contribution in [3.63, 3.8) is 0 Å². The first-order chi connectivity index (χ1) is 21.5. The number of anilines is 1. The van der Waals surface area contributed by atoms with Gasteiger partial charge < -0.3 is 15.1 Å². The molecule has 3 aliphatic heterocycles. The summed E-state index contributed by atoms with van der Waals surface area (Å²) in [7, 11) is 0. The van der Waals surface area contributed by atoms with Crippen molar-refractivity contribution in [2.75, 3.05) is 25.0 Å². The zero-order chi connectivity index (χ0) is 31.9. The lowest BCUT2D eigenvalue weighted by Gasteiger charge is -2.36. The van der Waals surface area contributed by atoms with Crippen molar-refractivity contribution >= 4 is 45.9 Å². The Kier molecular flexibility index (Phi) is 8.83. The molecule has 4 heterocycles. The van der Waals surface area contributed by atoms with Crippen LogP contribution in [0, 0.1) is 17.8 Å². The number of carbonyl (C=O) groups is 3. The van der Waals surface area contributed by atoms with Gasteiger partial charge in [0.1, 0.15) is 6.54 Å². The van der Waals surface area contributed by atoms with Crippen LogP contribution in [0.4, 0.5) is 18.9 Å². The van der Waals surface area contributed by atoms with Crippen LogP contribution in [0.5, 0.6) is 0 Å². The summed E-state index contributed by atoms with van der Waals surface area (Å²) < 4.78 is 42.7. The van der Waals surface area contributed by atoms with Crippen LogP contribution in [0.15, 0.2) is 36.5 Å². The Morgan fingerprint density at radius 3 is 2.60 bits per heavy atom. The molecule has 0 aliphatic carbocycles. The molecule has 1 N–H and O–H groups in total. The monoisotopic (exact) mass is 643 g/mol. The fourth-order valence-electron chi connectivity index (χ4n) is 7.35. The first-order valence-corrected chi connectivity index (χ1v) is 16.1. The van der Waals surface area contributed by atoms with Gasteiger partial charge in [0.25, 0.3) is 0 Å². The van der Waals surface area contributed by atoms with E-state index < -0.39 is 24.5 Å². The van der Waals surface area contributed by atoms with Gasteiger partial charge in [0.2, 0.25) is 17.7 Å². The highest BCUT2D eigenvalue weighted by atomic mass is 35.5. The molecule has 12 heteroatoms. The maximum Gasteiger partial charge on any atom is 0.406 e. The smallest absolute Gasteiger partial charge is 0.343 e. The van der Waals surface area contributed by atoms with E-state index in [0.29, 0.717) is 59.5 Å². The van der Waals surface area contributed by atoms with Crippen LogP contribution in [0.25, 0.3) is 10.9 Å². The van der Waals surface area contributed by atoms with Crippen LogP contribution in [-0.4, -0.2) is 63.1 Å². The van der Waals surface area contributed by atoms with Crippen molar-refractivity contribution in [1.82, 2.24) is 19.6 Å². The first-order valence-electron chi connectivity index (χ1n) is 15.7. The number of hydrogen-bond donors (Lipinski definition) is 1. The minimum Gasteiger partial charge on any atom is -0.343 e. The third kappa shape index (κ3) is 6.55. The number of aromatic nitrogens is 2. The topological polar surface area (TPSA) is 87.5 Å². The van der Waals surface area contributed by atoms with E-state index >= 15 is 0 Å². The van der Waals surface area contributed by atoms with E-state index in [1.807, 2.05) is 31.2 Å². The van der Waals surface area contributed by atoms with E-state index in [-0.39, 0.29) is 43.0 Å². The number of halogens is 4. The van der Waals surface area contributed by atoms with Crippen molar-refractivity contribution in [3.05, 3.63) is 58.2 Å². The standard InChI is InChI=1S/C33H37ClF3N5O3/c1-2-11-42-30-25(17-38-42)26-18-41(19-33(35,36)37)32(45)23(14-22(26)15-27(30)34)16-29(43)40-12-9-20(10-13-40)24-8-7-21-5-3-4-6-28(21)39-31(24)44/h3-6,15,17,20,23-24H,2,7-14,16,18-19H2,1H3,(H,39,44)/t23-,24?/m0/s1. The van der Waals surface area contributed by atoms with E-state index in [2.05, 4.69) is 10.4 Å². The Morgan fingerprint density at radius 1 is 1.11 bits per heavy atom. The minimum absolute atomic E-state index is 0.00482. The van der Waals surface area contributed by atoms with E-state index in [1.54, 1.807) is 21.8 Å². The SMILES string of the molecule is CCCn1ncc2c3c(cc(Cl)c21)C[C@@H](CC(=O)N1CCC(C2CCc4ccccc4NC2=O)CC1)C(=O)N(CC(F)(F)F)C3. The lowest BCUT2D eigenvalue weighted by molar-refractivity contribution is -0.165. The molecule has 3 amide bonds. The third-order valence-electron chi connectivity index (χ3n) is 9.58. The molecular weight excluding hydrogens is 607 g/mol. The van der Waals surface area contributed by atoms with Crippen molar-refractivity contribution in [2.45, 2.75) is 71.1 Å². The molecule has 1 saturated heterocycles. The molecule has 1 fully saturated rings. The third-order valence-corrected chi connectivity index (χ3v) is 9.87. The Balaban J connectivity index is 1.17.